The van der Waals surface area contributed by atoms with Gasteiger partial charge in [0.1, 0.15) is 11.6 Å². The summed E-state index contributed by atoms with van der Waals surface area (Å²) >= 11 is 0. The normalized spacial score (nSPS) is 18.3. The lowest BCUT2D eigenvalue weighted by molar-refractivity contribution is -0.134. The van der Waals surface area contributed by atoms with Crippen molar-refractivity contribution in [2.75, 3.05) is 31.1 Å². The van der Waals surface area contributed by atoms with E-state index < -0.39 is 0 Å². The Balaban J connectivity index is 1.35. The smallest absolute Gasteiger partial charge is 0.247 e. The Bertz CT molecular complexity index is 986. The van der Waals surface area contributed by atoms with Crippen LogP contribution in [-0.4, -0.2) is 61.4 Å². The van der Waals surface area contributed by atoms with Crippen molar-refractivity contribution in [3.63, 3.8) is 0 Å². The SMILES string of the molecule is CC(C(=O)N1CCN(c2nccn3nc4c(c23)CCCC4)CC1)n1cccn1. The molecule has 2 aliphatic rings. The minimum Gasteiger partial charge on any atom is -0.351 e. The van der Waals surface area contributed by atoms with E-state index in [2.05, 4.69) is 10.00 Å². The van der Waals surface area contributed by atoms with Crippen molar-refractivity contribution in [2.24, 2.45) is 0 Å². The lowest BCUT2D eigenvalue weighted by atomic mass is 9.97. The molecule has 1 amide bonds. The van der Waals surface area contributed by atoms with Crippen molar-refractivity contribution in [2.45, 2.75) is 38.6 Å². The monoisotopic (exact) mass is 379 g/mol. The van der Waals surface area contributed by atoms with Crippen LogP contribution < -0.4 is 4.90 Å². The molecule has 3 aromatic rings. The van der Waals surface area contributed by atoms with Crippen molar-refractivity contribution in [3.8, 4) is 0 Å². The van der Waals surface area contributed by atoms with Gasteiger partial charge in [-0.3, -0.25) is 9.48 Å². The Morgan fingerprint density at radius 2 is 1.89 bits per heavy atom. The molecule has 0 saturated carbocycles. The number of hydrogen-bond donors (Lipinski definition) is 0. The molecule has 1 unspecified atom stereocenters. The molecule has 0 N–H and O–H groups in total. The number of nitrogens with zero attached hydrogens (tertiary/aromatic N) is 7. The zero-order chi connectivity index (χ0) is 19.1. The van der Waals surface area contributed by atoms with Gasteiger partial charge in [0.2, 0.25) is 5.91 Å². The van der Waals surface area contributed by atoms with Gasteiger partial charge in [-0.15, -0.1) is 0 Å². The molecule has 146 valence electrons. The van der Waals surface area contributed by atoms with Gasteiger partial charge in [0, 0.05) is 56.5 Å². The van der Waals surface area contributed by atoms with Crippen molar-refractivity contribution in [1.29, 1.82) is 0 Å². The van der Waals surface area contributed by atoms with E-state index in [4.69, 9.17) is 10.1 Å². The van der Waals surface area contributed by atoms with Gasteiger partial charge in [-0.1, -0.05) is 0 Å². The molecule has 1 aliphatic heterocycles. The second-order valence-corrected chi connectivity index (χ2v) is 7.65. The second kappa shape index (κ2) is 6.92. The van der Waals surface area contributed by atoms with Crippen LogP contribution in [0.5, 0.6) is 0 Å². The molecule has 1 fully saturated rings. The van der Waals surface area contributed by atoms with E-state index in [1.165, 1.54) is 24.1 Å². The Hall–Kier alpha value is -2.90. The summed E-state index contributed by atoms with van der Waals surface area (Å²) in [5, 5.41) is 8.98. The van der Waals surface area contributed by atoms with Gasteiger partial charge in [0.25, 0.3) is 0 Å². The van der Waals surface area contributed by atoms with Gasteiger partial charge in [0.05, 0.1) is 5.69 Å². The third-order valence-electron chi connectivity index (χ3n) is 5.97. The highest BCUT2D eigenvalue weighted by molar-refractivity contribution is 5.80. The van der Waals surface area contributed by atoms with Crippen molar-refractivity contribution < 1.29 is 4.79 Å². The van der Waals surface area contributed by atoms with Crippen LogP contribution in [0.25, 0.3) is 5.52 Å². The number of fused-ring (bicyclic) bond motifs is 3. The Morgan fingerprint density at radius 1 is 1.07 bits per heavy atom. The third-order valence-corrected chi connectivity index (χ3v) is 5.97. The van der Waals surface area contributed by atoms with Gasteiger partial charge >= 0.3 is 0 Å². The second-order valence-electron chi connectivity index (χ2n) is 7.65. The fourth-order valence-corrected chi connectivity index (χ4v) is 4.40. The summed E-state index contributed by atoms with van der Waals surface area (Å²) in [6.07, 6.45) is 11.9. The first kappa shape index (κ1) is 17.2. The first-order valence-electron chi connectivity index (χ1n) is 10.1. The van der Waals surface area contributed by atoms with Crippen LogP contribution in [0.4, 0.5) is 5.82 Å². The largest absolute Gasteiger partial charge is 0.351 e. The Kier molecular flexibility index (Phi) is 4.26. The summed E-state index contributed by atoms with van der Waals surface area (Å²) in [6, 6.07) is 1.57. The zero-order valence-corrected chi connectivity index (χ0v) is 16.2. The number of amides is 1. The van der Waals surface area contributed by atoms with Crippen LogP contribution in [0.15, 0.2) is 30.9 Å². The lowest BCUT2D eigenvalue weighted by Gasteiger charge is -2.36. The number of aromatic nitrogens is 5. The molecule has 1 saturated heterocycles. The predicted octanol–water partition coefficient (Wildman–Crippen LogP) is 1.71. The van der Waals surface area contributed by atoms with Gasteiger partial charge in [-0.25, -0.2) is 9.50 Å². The van der Waals surface area contributed by atoms with Crippen LogP contribution in [0.2, 0.25) is 0 Å². The molecule has 8 nitrogen and oxygen atoms in total. The topological polar surface area (TPSA) is 71.6 Å². The number of aryl methyl sites for hydroxylation is 2. The molecule has 0 spiro atoms. The van der Waals surface area contributed by atoms with E-state index in [1.807, 2.05) is 41.0 Å². The van der Waals surface area contributed by atoms with Crippen molar-refractivity contribution >= 4 is 17.2 Å². The molecule has 0 aromatic carbocycles. The fraction of sp³-hybridized carbons (Fsp3) is 0.500. The van der Waals surface area contributed by atoms with Crippen LogP contribution in [-0.2, 0) is 17.6 Å². The summed E-state index contributed by atoms with van der Waals surface area (Å²) in [7, 11) is 0. The highest BCUT2D eigenvalue weighted by Crippen LogP contribution is 2.30. The average molecular weight is 379 g/mol. The van der Waals surface area contributed by atoms with Crippen LogP contribution in [0, 0.1) is 0 Å². The summed E-state index contributed by atoms with van der Waals surface area (Å²) in [5.74, 6) is 1.13. The van der Waals surface area contributed by atoms with Gasteiger partial charge < -0.3 is 9.80 Å². The maximum absolute atomic E-state index is 12.8. The minimum absolute atomic E-state index is 0.122. The summed E-state index contributed by atoms with van der Waals surface area (Å²) < 4.78 is 3.71. The third kappa shape index (κ3) is 2.83. The molecule has 3 aromatic heterocycles. The maximum Gasteiger partial charge on any atom is 0.247 e. The van der Waals surface area contributed by atoms with E-state index in [-0.39, 0.29) is 11.9 Å². The van der Waals surface area contributed by atoms with Gasteiger partial charge in [0.15, 0.2) is 5.82 Å². The maximum atomic E-state index is 12.8. The van der Waals surface area contributed by atoms with Crippen molar-refractivity contribution in [3.05, 3.63) is 42.1 Å². The predicted molar refractivity (Wildman–Crippen MR) is 105 cm³/mol. The number of piperazine rings is 1. The quantitative estimate of drug-likeness (QED) is 0.693. The van der Waals surface area contributed by atoms with E-state index >= 15 is 0 Å². The van der Waals surface area contributed by atoms with E-state index in [0.29, 0.717) is 13.1 Å². The molecule has 28 heavy (non-hydrogen) atoms. The first-order chi connectivity index (χ1) is 13.7. The van der Waals surface area contributed by atoms with E-state index in [0.717, 1.165) is 37.3 Å². The molecular formula is C20H25N7O. The molecule has 0 bridgehead atoms. The van der Waals surface area contributed by atoms with E-state index in [9.17, 15) is 4.79 Å². The van der Waals surface area contributed by atoms with Crippen LogP contribution >= 0.6 is 0 Å². The van der Waals surface area contributed by atoms with Crippen molar-refractivity contribution in [1.82, 2.24) is 29.3 Å². The summed E-state index contributed by atoms with van der Waals surface area (Å²) in [5.41, 5.74) is 3.74. The average Bonchev–Trinajstić information content (AvgIpc) is 3.40. The molecule has 4 heterocycles. The number of rotatable bonds is 3. The minimum atomic E-state index is -0.273. The number of hydrogen-bond acceptors (Lipinski definition) is 5. The molecule has 1 atom stereocenters. The number of anilines is 1. The first-order valence-corrected chi connectivity index (χ1v) is 10.1. The van der Waals surface area contributed by atoms with Crippen LogP contribution in [0.3, 0.4) is 0 Å². The van der Waals surface area contributed by atoms with Gasteiger partial charge in [-0.2, -0.15) is 10.2 Å². The summed E-state index contributed by atoms with van der Waals surface area (Å²) in [4.78, 5) is 21.8. The summed E-state index contributed by atoms with van der Waals surface area (Å²) in [6.45, 7) is 4.87. The van der Waals surface area contributed by atoms with E-state index in [1.54, 1.807) is 10.9 Å². The molecule has 0 radical (unpaired) electrons. The number of carbonyl (C=O) groups is 1. The fourth-order valence-electron chi connectivity index (χ4n) is 4.40. The Morgan fingerprint density at radius 3 is 2.68 bits per heavy atom. The highest BCUT2D eigenvalue weighted by Gasteiger charge is 2.28. The molecule has 5 rings (SSSR count). The standard InChI is InChI=1S/C20H25N7O/c1-15(26-9-4-7-22-26)20(28)25-13-11-24(12-14-25)19-18-16-5-2-3-6-17(16)23-27(18)10-8-21-19/h4,7-10,15H,2-3,5-6,11-14H2,1H3. The molecular weight excluding hydrogens is 354 g/mol. The van der Waals surface area contributed by atoms with Gasteiger partial charge in [-0.05, 0) is 38.7 Å². The number of carbonyl (C=O) groups excluding carboxylic acids is 1. The Labute approximate surface area is 163 Å². The zero-order valence-electron chi connectivity index (χ0n) is 16.2. The van der Waals surface area contributed by atoms with Crippen LogP contribution in [0.1, 0.15) is 37.1 Å². The lowest BCUT2D eigenvalue weighted by Crippen LogP contribution is -2.50. The highest BCUT2D eigenvalue weighted by atomic mass is 16.2. The molecule has 1 aliphatic carbocycles. The molecule has 8 heteroatoms.